The highest BCUT2D eigenvalue weighted by Crippen LogP contribution is 2.28. The average molecular weight is 330 g/mol. The van der Waals surface area contributed by atoms with Crippen molar-refractivity contribution in [2.24, 2.45) is 0 Å². The first-order chi connectivity index (χ1) is 10.3. The molecule has 1 aliphatic rings. The fourth-order valence-corrected chi connectivity index (χ4v) is 3.81. The lowest BCUT2D eigenvalue weighted by molar-refractivity contribution is -0.126. The van der Waals surface area contributed by atoms with Crippen LogP contribution in [0.2, 0.25) is 0 Å². The van der Waals surface area contributed by atoms with Gasteiger partial charge in [0.05, 0.1) is 17.1 Å². The number of hydrogen-bond donors (Lipinski definition) is 1. The van der Waals surface area contributed by atoms with Gasteiger partial charge in [-0.3, -0.25) is 9.10 Å². The molecule has 1 saturated heterocycles. The zero-order valence-electron chi connectivity index (χ0n) is 12.5. The second kappa shape index (κ2) is 6.62. The van der Waals surface area contributed by atoms with E-state index >= 15 is 0 Å². The van der Waals surface area contributed by atoms with Crippen LogP contribution in [0.4, 0.5) is 15.8 Å². The first kappa shape index (κ1) is 16.7. The van der Waals surface area contributed by atoms with Crippen molar-refractivity contribution in [3.63, 3.8) is 0 Å². The summed E-state index contributed by atoms with van der Waals surface area (Å²) in [7, 11) is -3.35. The molecule has 0 saturated carbocycles. The van der Waals surface area contributed by atoms with Gasteiger partial charge in [-0.2, -0.15) is 0 Å². The number of benzene rings is 1. The number of ether oxygens (including phenoxy) is 1. The number of hydrogen-bond acceptors (Lipinski definition) is 4. The Labute approximate surface area is 129 Å². The molecular formula is C14H19FN2O4S. The lowest BCUT2D eigenvalue weighted by Gasteiger charge is -2.19. The predicted molar refractivity (Wildman–Crippen MR) is 81.9 cm³/mol. The number of nitrogens with zero attached hydrogens (tertiary/aromatic N) is 1. The molecule has 1 fully saturated rings. The smallest absolute Gasteiger partial charge is 0.253 e. The van der Waals surface area contributed by atoms with Gasteiger partial charge in [-0.1, -0.05) is 0 Å². The van der Waals surface area contributed by atoms with E-state index in [0.717, 1.165) is 6.07 Å². The Kier molecular flexibility index (Phi) is 5.02. The quantitative estimate of drug-likeness (QED) is 0.892. The van der Waals surface area contributed by atoms with E-state index in [0.29, 0.717) is 25.3 Å². The second-order valence-corrected chi connectivity index (χ2v) is 7.01. The van der Waals surface area contributed by atoms with E-state index in [4.69, 9.17) is 4.74 Å². The van der Waals surface area contributed by atoms with Crippen LogP contribution in [-0.2, 0) is 19.6 Å². The van der Waals surface area contributed by atoms with Crippen molar-refractivity contribution >= 4 is 27.3 Å². The van der Waals surface area contributed by atoms with Crippen molar-refractivity contribution in [3.8, 4) is 0 Å². The number of sulfonamides is 1. The minimum atomic E-state index is -3.35. The summed E-state index contributed by atoms with van der Waals surface area (Å²) >= 11 is 0. The lowest BCUT2D eigenvalue weighted by Crippen LogP contribution is -2.28. The van der Waals surface area contributed by atoms with Gasteiger partial charge < -0.3 is 10.1 Å². The first-order valence-corrected chi connectivity index (χ1v) is 8.68. The Morgan fingerprint density at radius 2 is 2.23 bits per heavy atom. The van der Waals surface area contributed by atoms with Crippen LogP contribution in [0.1, 0.15) is 20.3 Å². The molecular weight excluding hydrogens is 311 g/mol. The van der Waals surface area contributed by atoms with E-state index in [2.05, 4.69) is 5.32 Å². The van der Waals surface area contributed by atoms with Gasteiger partial charge in [0, 0.05) is 13.2 Å². The van der Waals surface area contributed by atoms with Crippen LogP contribution in [0.5, 0.6) is 0 Å². The molecule has 0 bridgehead atoms. The normalized spacial score (nSPS) is 18.2. The SMILES string of the molecule is CCO[C@H](C)C(=O)Nc1cc(N2CCCS2(=O)=O)ccc1F. The number of amides is 1. The van der Waals surface area contributed by atoms with E-state index in [1.165, 1.54) is 16.4 Å². The Morgan fingerprint density at radius 3 is 2.82 bits per heavy atom. The van der Waals surface area contributed by atoms with E-state index in [1.54, 1.807) is 13.8 Å². The predicted octanol–water partition coefficient (Wildman–Crippen LogP) is 1.73. The van der Waals surface area contributed by atoms with Crippen molar-refractivity contribution in [1.29, 1.82) is 0 Å². The van der Waals surface area contributed by atoms with Crippen LogP contribution in [-0.4, -0.2) is 39.3 Å². The van der Waals surface area contributed by atoms with E-state index < -0.39 is 27.9 Å². The number of carbonyl (C=O) groups excluding carboxylic acids is 1. The Balaban J connectivity index is 2.22. The fraction of sp³-hybridized carbons (Fsp3) is 0.500. The molecule has 1 heterocycles. The minimum absolute atomic E-state index is 0.0591. The molecule has 0 spiro atoms. The van der Waals surface area contributed by atoms with E-state index in [-0.39, 0.29) is 11.4 Å². The first-order valence-electron chi connectivity index (χ1n) is 7.07. The summed E-state index contributed by atoms with van der Waals surface area (Å²) in [5, 5.41) is 2.43. The largest absolute Gasteiger partial charge is 0.369 e. The van der Waals surface area contributed by atoms with Gasteiger partial charge in [0.1, 0.15) is 11.9 Å². The zero-order valence-corrected chi connectivity index (χ0v) is 13.3. The molecule has 6 nitrogen and oxygen atoms in total. The van der Waals surface area contributed by atoms with Crippen LogP contribution in [0.25, 0.3) is 0 Å². The molecule has 1 N–H and O–H groups in total. The zero-order chi connectivity index (χ0) is 16.3. The molecule has 122 valence electrons. The summed E-state index contributed by atoms with van der Waals surface area (Å²) < 4.78 is 44.0. The molecule has 1 aromatic rings. The highest BCUT2D eigenvalue weighted by Gasteiger charge is 2.29. The standard InChI is InChI=1S/C14H19FN2O4S/c1-3-21-10(2)14(18)16-13-9-11(5-6-12(13)15)17-7-4-8-22(17,19)20/h5-6,9-10H,3-4,7-8H2,1-2H3,(H,16,18)/t10-/m1/s1. The third-order valence-electron chi connectivity index (χ3n) is 3.38. The van der Waals surface area contributed by atoms with Crippen molar-refractivity contribution in [3.05, 3.63) is 24.0 Å². The summed E-state index contributed by atoms with van der Waals surface area (Å²) in [6.07, 6.45) is -0.188. The highest BCUT2D eigenvalue weighted by molar-refractivity contribution is 7.93. The maximum Gasteiger partial charge on any atom is 0.253 e. The number of rotatable bonds is 5. The van der Waals surface area contributed by atoms with Crippen LogP contribution in [0.3, 0.4) is 0 Å². The molecule has 1 aromatic carbocycles. The molecule has 8 heteroatoms. The summed E-state index contributed by atoms with van der Waals surface area (Å²) in [6, 6.07) is 3.86. The van der Waals surface area contributed by atoms with Gasteiger partial charge in [-0.15, -0.1) is 0 Å². The fourth-order valence-electron chi connectivity index (χ4n) is 2.25. The van der Waals surface area contributed by atoms with Crippen molar-refractivity contribution < 1.29 is 22.3 Å². The monoisotopic (exact) mass is 330 g/mol. The molecule has 1 amide bonds. The van der Waals surface area contributed by atoms with Gasteiger partial charge in [-0.05, 0) is 38.5 Å². The Hall–Kier alpha value is -1.67. The van der Waals surface area contributed by atoms with Crippen molar-refractivity contribution in [2.75, 3.05) is 28.5 Å². The summed E-state index contributed by atoms with van der Waals surface area (Å²) in [5.41, 5.74) is 0.286. The maximum absolute atomic E-state index is 13.8. The minimum Gasteiger partial charge on any atom is -0.369 e. The third-order valence-corrected chi connectivity index (χ3v) is 5.25. The average Bonchev–Trinajstić information content (AvgIpc) is 2.81. The number of carbonyl (C=O) groups is 1. The lowest BCUT2D eigenvalue weighted by atomic mass is 10.2. The number of halogens is 1. The molecule has 0 radical (unpaired) electrons. The number of nitrogens with one attached hydrogen (secondary N) is 1. The molecule has 2 rings (SSSR count). The summed E-state index contributed by atoms with van der Waals surface area (Å²) in [5.74, 6) is -1.03. The van der Waals surface area contributed by atoms with Crippen LogP contribution < -0.4 is 9.62 Å². The van der Waals surface area contributed by atoms with Gasteiger partial charge in [-0.25, -0.2) is 12.8 Å². The van der Waals surface area contributed by atoms with Gasteiger partial charge in [0.25, 0.3) is 5.91 Å². The van der Waals surface area contributed by atoms with Crippen LogP contribution in [0.15, 0.2) is 18.2 Å². The van der Waals surface area contributed by atoms with Gasteiger partial charge in [0.15, 0.2) is 0 Å². The van der Waals surface area contributed by atoms with Crippen molar-refractivity contribution in [2.45, 2.75) is 26.4 Å². The van der Waals surface area contributed by atoms with E-state index in [1.807, 2.05) is 0 Å². The van der Waals surface area contributed by atoms with Crippen molar-refractivity contribution in [1.82, 2.24) is 0 Å². The van der Waals surface area contributed by atoms with Crippen LogP contribution in [0, 0.1) is 5.82 Å². The molecule has 0 aromatic heterocycles. The summed E-state index contributed by atoms with van der Waals surface area (Å²) in [4.78, 5) is 11.9. The number of anilines is 2. The topological polar surface area (TPSA) is 75.7 Å². The van der Waals surface area contributed by atoms with Crippen LogP contribution >= 0.6 is 0 Å². The van der Waals surface area contributed by atoms with Gasteiger partial charge in [0.2, 0.25) is 10.0 Å². The van der Waals surface area contributed by atoms with E-state index in [9.17, 15) is 17.6 Å². The molecule has 22 heavy (non-hydrogen) atoms. The third kappa shape index (κ3) is 3.56. The second-order valence-electron chi connectivity index (χ2n) is 4.99. The Morgan fingerprint density at radius 1 is 1.50 bits per heavy atom. The maximum atomic E-state index is 13.8. The molecule has 0 aliphatic carbocycles. The molecule has 0 unspecified atom stereocenters. The molecule has 1 atom stereocenters. The summed E-state index contributed by atoms with van der Waals surface area (Å²) in [6.45, 7) is 4.04. The Bertz CT molecular complexity index is 663. The highest BCUT2D eigenvalue weighted by atomic mass is 32.2. The molecule has 1 aliphatic heterocycles. The van der Waals surface area contributed by atoms with Gasteiger partial charge >= 0.3 is 0 Å².